The van der Waals surface area contributed by atoms with Gasteiger partial charge in [-0.15, -0.1) is 0 Å². The normalized spacial score (nSPS) is 27.4. The zero-order valence-corrected chi connectivity index (χ0v) is 14.6. The molecular formula is C18H38N2. The van der Waals surface area contributed by atoms with Crippen molar-refractivity contribution in [1.29, 1.82) is 0 Å². The van der Waals surface area contributed by atoms with Crippen LogP contribution in [0.1, 0.15) is 66.7 Å². The molecule has 0 amide bonds. The van der Waals surface area contributed by atoms with E-state index in [0.29, 0.717) is 0 Å². The first-order valence-electron chi connectivity index (χ1n) is 9.06. The molecule has 1 saturated carbocycles. The Hall–Kier alpha value is -0.0800. The largest absolute Gasteiger partial charge is 0.314 e. The van der Waals surface area contributed by atoms with Crippen molar-refractivity contribution in [3.05, 3.63) is 0 Å². The summed E-state index contributed by atoms with van der Waals surface area (Å²) in [5.41, 5.74) is 0. The maximum absolute atomic E-state index is 3.82. The molecule has 0 spiro atoms. The second-order valence-corrected chi connectivity index (χ2v) is 7.15. The standard InChI is InChI=1S/C18H38N2/c1-6-11-19-18-10-9-16(7-2)12-17(18)14-20(8-3)13-15(4)5/h15-19H,6-14H2,1-5H3. The highest BCUT2D eigenvalue weighted by molar-refractivity contribution is 4.86. The van der Waals surface area contributed by atoms with Crippen LogP contribution >= 0.6 is 0 Å². The lowest BCUT2D eigenvalue weighted by atomic mass is 9.76. The summed E-state index contributed by atoms with van der Waals surface area (Å²) in [7, 11) is 0. The van der Waals surface area contributed by atoms with Crippen molar-refractivity contribution in [2.45, 2.75) is 72.8 Å². The van der Waals surface area contributed by atoms with E-state index in [4.69, 9.17) is 0 Å². The Morgan fingerprint density at radius 2 is 1.90 bits per heavy atom. The predicted molar refractivity (Wildman–Crippen MR) is 90.2 cm³/mol. The lowest BCUT2D eigenvalue weighted by Crippen LogP contribution is -2.46. The minimum absolute atomic E-state index is 0.763. The van der Waals surface area contributed by atoms with Crippen molar-refractivity contribution in [2.24, 2.45) is 17.8 Å². The van der Waals surface area contributed by atoms with Gasteiger partial charge in [-0.3, -0.25) is 0 Å². The summed E-state index contributed by atoms with van der Waals surface area (Å²) in [6.07, 6.45) is 6.89. The highest BCUT2D eigenvalue weighted by Crippen LogP contribution is 2.32. The first kappa shape index (κ1) is 18.0. The number of hydrogen-bond donors (Lipinski definition) is 1. The third-order valence-corrected chi connectivity index (χ3v) is 4.89. The summed E-state index contributed by atoms with van der Waals surface area (Å²) < 4.78 is 0. The predicted octanol–water partition coefficient (Wildman–Crippen LogP) is 4.16. The zero-order valence-electron chi connectivity index (χ0n) is 14.6. The topological polar surface area (TPSA) is 15.3 Å². The van der Waals surface area contributed by atoms with E-state index in [1.165, 1.54) is 58.3 Å². The van der Waals surface area contributed by atoms with Gasteiger partial charge in [-0.25, -0.2) is 0 Å². The second kappa shape index (κ2) is 9.78. The molecule has 0 heterocycles. The van der Waals surface area contributed by atoms with Crippen LogP contribution in [0.25, 0.3) is 0 Å². The van der Waals surface area contributed by atoms with Crippen LogP contribution in [-0.2, 0) is 0 Å². The molecule has 3 atom stereocenters. The Bertz CT molecular complexity index is 240. The van der Waals surface area contributed by atoms with Crippen LogP contribution in [0.5, 0.6) is 0 Å². The van der Waals surface area contributed by atoms with Gasteiger partial charge < -0.3 is 10.2 Å². The zero-order chi connectivity index (χ0) is 15.0. The molecule has 2 heteroatoms. The lowest BCUT2D eigenvalue weighted by Gasteiger charge is -2.39. The summed E-state index contributed by atoms with van der Waals surface area (Å²) in [5.74, 6) is 2.61. The van der Waals surface area contributed by atoms with Crippen LogP contribution in [-0.4, -0.2) is 37.1 Å². The highest BCUT2D eigenvalue weighted by Gasteiger charge is 2.30. The van der Waals surface area contributed by atoms with Crippen LogP contribution in [0, 0.1) is 17.8 Å². The Balaban J connectivity index is 2.57. The third-order valence-electron chi connectivity index (χ3n) is 4.89. The van der Waals surface area contributed by atoms with Crippen molar-refractivity contribution in [3.63, 3.8) is 0 Å². The number of nitrogens with zero attached hydrogens (tertiary/aromatic N) is 1. The molecule has 1 aliphatic rings. The van der Waals surface area contributed by atoms with Gasteiger partial charge in [0, 0.05) is 19.1 Å². The molecule has 0 aliphatic heterocycles. The smallest absolute Gasteiger partial charge is 0.0108 e. The van der Waals surface area contributed by atoms with E-state index in [9.17, 15) is 0 Å². The van der Waals surface area contributed by atoms with Gasteiger partial charge in [0.05, 0.1) is 0 Å². The average molecular weight is 283 g/mol. The van der Waals surface area contributed by atoms with Gasteiger partial charge in [0.25, 0.3) is 0 Å². The molecule has 2 nitrogen and oxygen atoms in total. The molecule has 1 fully saturated rings. The van der Waals surface area contributed by atoms with E-state index < -0.39 is 0 Å². The quantitative estimate of drug-likeness (QED) is 0.683. The van der Waals surface area contributed by atoms with E-state index >= 15 is 0 Å². The van der Waals surface area contributed by atoms with Gasteiger partial charge in [-0.05, 0) is 56.5 Å². The Labute approximate surface area is 127 Å². The fraction of sp³-hybridized carbons (Fsp3) is 1.00. The molecule has 1 N–H and O–H groups in total. The number of hydrogen-bond acceptors (Lipinski definition) is 2. The van der Waals surface area contributed by atoms with Crippen LogP contribution in [0.3, 0.4) is 0 Å². The van der Waals surface area contributed by atoms with Gasteiger partial charge in [0.1, 0.15) is 0 Å². The number of rotatable bonds is 9. The molecule has 3 unspecified atom stereocenters. The van der Waals surface area contributed by atoms with Gasteiger partial charge in [-0.2, -0.15) is 0 Å². The minimum atomic E-state index is 0.763. The van der Waals surface area contributed by atoms with Crippen molar-refractivity contribution in [3.8, 4) is 0 Å². The monoisotopic (exact) mass is 282 g/mol. The minimum Gasteiger partial charge on any atom is -0.314 e. The molecule has 0 aromatic carbocycles. The van der Waals surface area contributed by atoms with Crippen molar-refractivity contribution < 1.29 is 0 Å². The van der Waals surface area contributed by atoms with Crippen LogP contribution in [0.4, 0.5) is 0 Å². The molecule has 0 saturated heterocycles. The number of nitrogens with one attached hydrogen (secondary N) is 1. The van der Waals surface area contributed by atoms with Gasteiger partial charge in [0.15, 0.2) is 0 Å². The Morgan fingerprint density at radius 3 is 2.45 bits per heavy atom. The average Bonchev–Trinajstić information content (AvgIpc) is 2.44. The van der Waals surface area contributed by atoms with Crippen LogP contribution in [0.15, 0.2) is 0 Å². The Morgan fingerprint density at radius 1 is 1.15 bits per heavy atom. The second-order valence-electron chi connectivity index (χ2n) is 7.15. The van der Waals surface area contributed by atoms with Crippen LogP contribution in [0.2, 0.25) is 0 Å². The molecule has 1 rings (SSSR count). The van der Waals surface area contributed by atoms with Gasteiger partial charge >= 0.3 is 0 Å². The summed E-state index contributed by atoms with van der Waals surface area (Å²) in [6.45, 7) is 16.6. The summed E-state index contributed by atoms with van der Waals surface area (Å²) in [6, 6.07) is 0.763. The van der Waals surface area contributed by atoms with E-state index in [1.807, 2.05) is 0 Å². The van der Waals surface area contributed by atoms with Gasteiger partial charge in [-0.1, -0.05) is 41.0 Å². The van der Waals surface area contributed by atoms with E-state index in [0.717, 1.165) is 23.8 Å². The summed E-state index contributed by atoms with van der Waals surface area (Å²) >= 11 is 0. The van der Waals surface area contributed by atoms with E-state index in [1.54, 1.807) is 0 Å². The van der Waals surface area contributed by atoms with Crippen molar-refractivity contribution >= 4 is 0 Å². The molecule has 120 valence electrons. The SMILES string of the molecule is CCCNC1CCC(CC)CC1CN(CC)CC(C)C. The third kappa shape index (κ3) is 6.13. The molecule has 0 radical (unpaired) electrons. The fourth-order valence-corrected chi connectivity index (χ4v) is 3.71. The summed E-state index contributed by atoms with van der Waals surface area (Å²) in [5, 5.41) is 3.82. The van der Waals surface area contributed by atoms with E-state index in [-0.39, 0.29) is 0 Å². The first-order valence-corrected chi connectivity index (χ1v) is 9.06. The van der Waals surface area contributed by atoms with E-state index in [2.05, 4.69) is 44.8 Å². The summed E-state index contributed by atoms with van der Waals surface area (Å²) in [4.78, 5) is 2.67. The molecule has 0 aromatic heterocycles. The van der Waals surface area contributed by atoms with Crippen molar-refractivity contribution in [1.82, 2.24) is 10.2 Å². The Kier molecular flexibility index (Phi) is 8.79. The van der Waals surface area contributed by atoms with Gasteiger partial charge in [0.2, 0.25) is 0 Å². The molecule has 1 aliphatic carbocycles. The first-order chi connectivity index (χ1) is 9.60. The highest BCUT2D eigenvalue weighted by atomic mass is 15.1. The lowest BCUT2D eigenvalue weighted by molar-refractivity contribution is 0.133. The molecule has 0 aromatic rings. The maximum Gasteiger partial charge on any atom is 0.0108 e. The maximum atomic E-state index is 3.82. The molecular weight excluding hydrogens is 244 g/mol. The van der Waals surface area contributed by atoms with Crippen molar-refractivity contribution in [2.75, 3.05) is 26.2 Å². The molecule has 0 bridgehead atoms. The molecule has 20 heavy (non-hydrogen) atoms. The van der Waals surface area contributed by atoms with Crippen LogP contribution < -0.4 is 5.32 Å². The fourth-order valence-electron chi connectivity index (χ4n) is 3.71.